The number of hydrogen-bond acceptors (Lipinski definition) is 4. The molecule has 0 aromatic heterocycles. The van der Waals surface area contributed by atoms with Gasteiger partial charge in [0, 0.05) is 36.8 Å². The number of benzene rings is 2. The lowest BCUT2D eigenvalue weighted by Gasteiger charge is -2.37. The molecule has 0 saturated carbocycles. The van der Waals surface area contributed by atoms with E-state index < -0.39 is 0 Å². The summed E-state index contributed by atoms with van der Waals surface area (Å²) < 4.78 is 0. The first-order valence-corrected chi connectivity index (χ1v) is 10.1. The Balaban J connectivity index is 1.69. The van der Waals surface area contributed by atoms with Gasteiger partial charge in [-0.25, -0.2) is 0 Å². The van der Waals surface area contributed by atoms with E-state index in [2.05, 4.69) is 36.9 Å². The number of rotatable bonds is 5. The third-order valence-corrected chi connectivity index (χ3v) is 6.07. The normalized spacial score (nSPS) is 14.3. The van der Waals surface area contributed by atoms with Crippen molar-refractivity contribution in [2.75, 3.05) is 36.8 Å². The van der Waals surface area contributed by atoms with Crippen LogP contribution in [-0.4, -0.2) is 48.6 Å². The van der Waals surface area contributed by atoms with Gasteiger partial charge in [0.15, 0.2) is 0 Å². The number of thioether (sulfide) groups is 1. The van der Waals surface area contributed by atoms with Gasteiger partial charge in [0.2, 0.25) is 5.91 Å². The van der Waals surface area contributed by atoms with Crippen LogP contribution >= 0.6 is 11.8 Å². The maximum absolute atomic E-state index is 13.0. The number of nitrogens with zero attached hydrogens (tertiary/aromatic N) is 2. The van der Waals surface area contributed by atoms with Crippen LogP contribution in [0.15, 0.2) is 47.4 Å². The predicted octanol–water partition coefficient (Wildman–Crippen LogP) is 2.84. The Labute approximate surface area is 164 Å². The summed E-state index contributed by atoms with van der Waals surface area (Å²) in [6.07, 6.45) is 0. The molecule has 1 fully saturated rings. The second-order valence-electron chi connectivity index (χ2n) is 6.75. The topological polar surface area (TPSA) is 66.6 Å². The molecule has 1 aliphatic rings. The van der Waals surface area contributed by atoms with Gasteiger partial charge in [0.1, 0.15) is 0 Å². The summed E-state index contributed by atoms with van der Waals surface area (Å²) >= 11 is 1.32. The Hall–Kier alpha value is -2.47. The zero-order valence-corrected chi connectivity index (χ0v) is 16.6. The Bertz CT molecular complexity index is 845. The smallest absolute Gasteiger partial charge is 0.255 e. The standard InChI is InChI=1S/C21H25N3O2S/c1-15-6-5-8-18(16(15)2)23-10-12-24(13-11-23)21(26)17-7-3-4-9-19(17)27-14-20(22)25/h3-9H,10-14H2,1-2H3,(H2,22,25). The largest absolute Gasteiger partial charge is 0.369 e. The molecule has 1 heterocycles. The minimum atomic E-state index is -0.385. The average molecular weight is 384 g/mol. The van der Waals surface area contributed by atoms with Crippen LogP contribution in [0.4, 0.5) is 5.69 Å². The molecular formula is C21H25N3O2S. The third-order valence-electron chi connectivity index (χ3n) is 4.97. The number of hydrogen-bond donors (Lipinski definition) is 1. The average Bonchev–Trinajstić information content (AvgIpc) is 2.68. The molecule has 2 amide bonds. The maximum Gasteiger partial charge on any atom is 0.255 e. The highest BCUT2D eigenvalue weighted by Gasteiger charge is 2.24. The molecule has 0 bridgehead atoms. The molecule has 2 aromatic carbocycles. The molecule has 1 aliphatic heterocycles. The number of piperazine rings is 1. The van der Waals surface area contributed by atoms with Crippen LogP contribution in [0, 0.1) is 13.8 Å². The summed E-state index contributed by atoms with van der Waals surface area (Å²) in [5.74, 6) is -0.197. The fraction of sp³-hybridized carbons (Fsp3) is 0.333. The minimum Gasteiger partial charge on any atom is -0.369 e. The number of carbonyl (C=O) groups is 2. The van der Waals surface area contributed by atoms with Crippen molar-refractivity contribution in [2.45, 2.75) is 18.7 Å². The summed E-state index contributed by atoms with van der Waals surface area (Å²) in [5, 5.41) is 0. The lowest BCUT2D eigenvalue weighted by Crippen LogP contribution is -2.49. The monoisotopic (exact) mass is 383 g/mol. The van der Waals surface area contributed by atoms with Crippen molar-refractivity contribution in [3.63, 3.8) is 0 Å². The first-order valence-electron chi connectivity index (χ1n) is 9.08. The van der Waals surface area contributed by atoms with Crippen LogP contribution in [0.2, 0.25) is 0 Å². The van der Waals surface area contributed by atoms with Crippen LogP contribution in [0.3, 0.4) is 0 Å². The third kappa shape index (κ3) is 4.45. The van der Waals surface area contributed by atoms with E-state index in [0.29, 0.717) is 18.7 Å². The molecule has 0 aliphatic carbocycles. The van der Waals surface area contributed by atoms with Gasteiger partial charge in [-0.05, 0) is 43.2 Å². The van der Waals surface area contributed by atoms with Crippen molar-refractivity contribution >= 4 is 29.3 Å². The number of anilines is 1. The van der Waals surface area contributed by atoms with Crippen LogP contribution in [0.25, 0.3) is 0 Å². The van der Waals surface area contributed by atoms with Gasteiger partial charge in [0.25, 0.3) is 5.91 Å². The summed E-state index contributed by atoms with van der Waals surface area (Å²) in [7, 11) is 0. The minimum absolute atomic E-state index is 0.0168. The van der Waals surface area contributed by atoms with E-state index in [1.54, 1.807) is 0 Å². The van der Waals surface area contributed by atoms with E-state index in [-0.39, 0.29) is 17.6 Å². The van der Waals surface area contributed by atoms with Crippen molar-refractivity contribution < 1.29 is 9.59 Å². The Morgan fingerprint density at radius 1 is 1.00 bits per heavy atom. The summed E-state index contributed by atoms with van der Waals surface area (Å²) in [4.78, 5) is 29.1. The van der Waals surface area contributed by atoms with Crippen LogP contribution in [-0.2, 0) is 4.79 Å². The van der Waals surface area contributed by atoms with Crippen LogP contribution < -0.4 is 10.6 Å². The summed E-state index contributed by atoms with van der Waals surface area (Å²) in [6, 6.07) is 13.8. The zero-order valence-electron chi connectivity index (χ0n) is 15.8. The number of aryl methyl sites for hydroxylation is 1. The van der Waals surface area contributed by atoms with Gasteiger partial charge in [-0.3, -0.25) is 9.59 Å². The molecule has 0 unspecified atom stereocenters. The molecule has 142 valence electrons. The molecule has 6 heteroatoms. The fourth-order valence-corrected chi connectivity index (χ4v) is 4.10. The van der Waals surface area contributed by atoms with Crippen LogP contribution in [0.1, 0.15) is 21.5 Å². The van der Waals surface area contributed by atoms with E-state index in [9.17, 15) is 9.59 Å². The Morgan fingerprint density at radius 3 is 2.41 bits per heavy atom. The molecule has 2 aromatic rings. The van der Waals surface area contributed by atoms with E-state index in [4.69, 9.17) is 5.73 Å². The molecule has 0 radical (unpaired) electrons. The first-order chi connectivity index (χ1) is 13.0. The highest BCUT2D eigenvalue weighted by atomic mass is 32.2. The number of nitrogens with two attached hydrogens (primary N) is 1. The number of carbonyl (C=O) groups excluding carboxylic acids is 2. The Morgan fingerprint density at radius 2 is 1.70 bits per heavy atom. The van der Waals surface area contributed by atoms with Gasteiger partial charge in [-0.2, -0.15) is 0 Å². The molecular weight excluding hydrogens is 358 g/mol. The van der Waals surface area contributed by atoms with Crippen molar-refractivity contribution in [3.8, 4) is 0 Å². The quantitative estimate of drug-likeness (QED) is 0.807. The highest BCUT2D eigenvalue weighted by Crippen LogP contribution is 2.26. The van der Waals surface area contributed by atoms with Gasteiger partial charge < -0.3 is 15.5 Å². The van der Waals surface area contributed by atoms with E-state index in [0.717, 1.165) is 18.0 Å². The van der Waals surface area contributed by atoms with Crippen molar-refractivity contribution in [1.82, 2.24) is 4.90 Å². The van der Waals surface area contributed by atoms with Crippen molar-refractivity contribution in [2.24, 2.45) is 5.73 Å². The molecule has 1 saturated heterocycles. The lowest BCUT2D eigenvalue weighted by atomic mass is 10.1. The predicted molar refractivity (Wildman–Crippen MR) is 110 cm³/mol. The molecule has 27 heavy (non-hydrogen) atoms. The maximum atomic E-state index is 13.0. The molecule has 5 nitrogen and oxygen atoms in total. The van der Waals surface area contributed by atoms with E-state index in [1.165, 1.54) is 28.6 Å². The van der Waals surface area contributed by atoms with Gasteiger partial charge in [-0.1, -0.05) is 24.3 Å². The molecule has 0 atom stereocenters. The SMILES string of the molecule is Cc1cccc(N2CCN(C(=O)c3ccccc3SCC(N)=O)CC2)c1C. The summed E-state index contributed by atoms with van der Waals surface area (Å²) in [6.45, 7) is 7.26. The van der Waals surface area contributed by atoms with Gasteiger partial charge in [0.05, 0.1) is 11.3 Å². The van der Waals surface area contributed by atoms with Gasteiger partial charge in [-0.15, -0.1) is 11.8 Å². The highest BCUT2D eigenvalue weighted by molar-refractivity contribution is 8.00. The van der Waals surface area contributed by atoms with Crippen molar-refractivity contribution in [3.05, 3.63) is 59.2 Å². The molecule has 3 rings (SSSR count). The first kappa shape index (κ1) is 19.3. The van der Waals surface area contributed by atoms with Crippen molar-refractivity contribution in [1.29, 1.82) is 0 Å². The summed E-state index contributed by atoms with van der Waals surface area (Å²) in [5.41, 5.74) is 9.71. The van der Waals surface area contributed by atoms with E-state index in [1.807, 2.05) is 29.2 Å². The van der Waals surface area contributed by atoms with Gasteiger partial charge >= 0.3 is 0 Å². The fourth-order valence-electron chi connectivity index (χ4n) is 3.32. The van der Waals surface area contributed by atoms with E-state index >= 15 is 0 Å². The molecule has 2 N–H and O–H groups in total. The molecule has 0 spiro atoms. The second kappa shape index (κ2) is 8.48. The number of amides is 2. The van der Waals surface area contributed by atoms with Crippen LogP contribution in [0.5, 0.6) is 0 Å². The zero-order chi connectivity index (χ0) is 19.4. The number of primary amides is 1. The lowest BCUT2D eigenvalue weighted by molar-refractivity contribution is -0.115. The Kier molecular flexibility index (Phi) is 6.06. The second-order valence-corrected chi connectivity index (χ2v) is 7.77.